The van der Waals surface area contributed by atoms with Crippen LogP contribution in [-0.4, -0.2) is 78.4 Å². The minimum absolute atomic E-state index is 0.0589. The van der Waals surface area contributed by atoms with Crippen LogP contribution in [0, 0.1) is 0 Å². The number of amides is 2. The highest BCUT2D eigenvalue weighted by atomic mass is 19.4. The summed E-state index contributed by atoms with van der Waals surface area (Å²) in [6, 6.07) is 9.98. The van der Waals surface area contributed by atoms with Crippen LogP contribution < -0.4 is 35.5 Å². The molecular formula is C31H36F3N7O7. The van der Waals surface area contributed by atoms with Crippen LogP contribution in [0.15, 0.2) is 42.5 Å². The van der Waals surface area contributed by atoms with Crippen molar-refractivity contribution in [1.29, 1.82) is 0 Å². The minimum atomic E-state index is -4.63. The van der Waals surface area contributed by atoms with Crippen LogP contribution in [0.25, 0.3) is 0 Å². The van der Waals surface area contributed by atoms with E-state index in [0.717, 1.165) is 31.9 Å². The van der Waals surface area contributed by atoms with E-state index in [4.69, 9.17) is 18.9 Å². The first-order valence-corrected chi connectivity index (χ1v) is 15.1. The zero-order valence-electron chi connectivity index (χ0n) is 26.3. The molecule has 3 aromatic rings. The van der Waals surface area contributed by atoms with E-state index in [1.165, 1.54) is 25.1 Å². The number of carbonyl (C=O) groups excluding carboxylic acids is 3. The molecule has 2 aromatic carbocycles. The summed E-state index contributed by atoms with van der Waals surface area (Å²) in [5.74, 6) is -1.23. The molecule has 258 valence electrons. The SMILES string of the molecule is COC(=O)[C@H](CNC(C)=O)NC(=O)c1ccc2cc1OCCCCCCOc1ccc(cc1)CNc1nc(nc(OCC(F)(F)F)n1)N2. The summed E-state index contributed by atoms with van der Waals surface area (Å²) in [5, 5.41) is 10.9. The molecular weight excluding hydrogens is 639 g/mol. The summed E-state index contributed by atoms with van der Waals surface area (Å²) in [6.07, 6.45) is -1.45. The summed E-state index contributed by atoms with van der Waals surface area (Å²) >= 11 is 0. The summed E-state index contributed by atoms with van der Waals surface area (Å²) in [7, 11) is 1.15. The molecule has 17 heteroatoms. The van der Waals surface area contributed by atoms with Crippen molar-refractivity contribution in [2.45, 2.75) is 51.4 Å². The van der Waals surface area contributed by atoms with E-state index in [1.54, 1.807) is 0 Å². The molecule has 1 aromatic heterocycles. The van der Waals surface area contributed by atoms with Gasteiger partial charge >= 0.3 is 18.2 Å². The van der Waals surface area contributed by atoms with Gasteiger partial charge in [0.25, 0.3) is 5.91 Å². The minimum Gasteiger partial charge on any atom is -0.494 e. The number of rotatable bonds is 7. The maximum atomic E-state index is 13.3. The van der Waals surface area contributed by atoms with Crippen molar-refractivity contribution in [3.63, 3.8) is 0 Å². The molecule has 3 heterocycles. The zero-order valence-corrected chi connectivity index (χ0v) is 26.3. The van der Waals surface area contributed by atoms with Gasteiger partial charge < -0.3 is 40.2 Å². The van der Waals surface area contributed by atoms with Crippen molar-refractivity contribution in [2.24, 2.45) is 0 Å². The summed E-state index contributed by atoms with van der Waals surface area (Å²) < 4.78 is 60.1. The molecule has 0 spiro atoms. The van der Waals surface area contributed by atoms with Gasteiger partial charge in [0.2, 0.25) is 17.8 Å². The van der Waals surface area contributed by atoms with E-state index >= 15 is 0 Å². The van der Waals surface area contributed by atoms with Gasteiger partial charge in [-0.3, -0.25) is 9.59 Å². The number of methoxy groups -OCH3 is 1. The number of benzene rings is 2. The van der Waals surface area contributed by atoms with Crippen LogP contribution >= 0.6 is 0 Å². The second kappa shape index (κ2) is 17.0. The van der Waals surface area contributed by atoms with Gasteiger partial charge in [-0.25, -0.2) is 4.79 Å². The number of halogens is 3. The van der Waals surface area contributed by atoms with Crippen LogP contribution in [0.4, 0.5) is 30.8 Å². The molecule has 0 radical (unpaired) electrons. The number of ether oxygens (including phenoxy) is 4. The van der Waals surface area contributed by atoms with Gasteiger partial charge in [0, 0.05) is 31.8 Å². The fourth-order valence-electron chi connectivity index (χ4n) is 4.37. The van der Waals surface area contributed by atoms with E-state index in [2.05, 4.69) is 36.2 Å². The monoisotopic (exact) mass is 675 g/mol. The zero-order chi connectivity index (χ0) is 34.5. The predicted octanol–water partition coefficient (Wildman–Crippen LogP) is 3.91. The van der Waals surface area contributed by atoms with E-state index < -0.39 is 42.6 Å². The number of hydrogen-bond acceptors (Lipinski definition) is 12. The van der Waals surface area contributed by atoms with Gasteiger partial charge in [-0.05, 0) is 55.5 Å². The van der Waals surface area contributed by atoms with Gasteiger partial charge in [-0.2, -0.15) is 28.1 Å². The van der Waals surface area contributed by atoms with Crippen LogP contribution in [0.1, 0.15) is 48.5 Å². The van der Waals surface area contributed by atoms with Crippen LogP contribution in [0.5, 0.6) is 17.5 Å². The highest BCUT2D eigenvalue weighted by Crippen LogP contribution is 2.27. The Labute approximate surface area is 274 Å². The largest absolute Gasteiger partial charge is 0.494 e. The Morgan fingerprint density at radius 2 is 1.67 bits per heavy atom. The molecule has 0 fully saturated rings. The number of nitrogens with one attached hydrogen (secondary N) is 4. The van der Waals surface area contributed by atoms with E-state index in [0.29, 0.717) is 24.5 Å². The number of fused-ring (bicyclic) bond motifs is 10. The summed E-state index contributed by atoms with van der Waals surface area (Å²) in [5.41, 5.74) is 1.23. The molecule has 48 heavy (non-hydrogen) atoms. The maximum absolute atomic E-state index is 13.3. The molecule has 2 aliphatic rings. The topological polar surface area (TPSA) is 175 Å². The number of hydrogen-bond donors (Lipinski definition) is 4. The Kier molecular flexibility index (Phi) is 12.6. The van der Waals surface area contributed by atoms with Crippen molar-refractivity contribution in [1.82, 2.24) is 25.6 Å². The van der Waals surface area contributed by atoms with Gasteiger partial charge in [-0.15, -0.1) is 0 Å². The molecule has 0 unspecified atom stereocenters. The molecule has 2 aliphatic heterocycles. The standard InChI is InChI=1S/C31H36F3N7O7/c1-19(42)35-17-24(27(44)45-2)38-26(43)23-12-9-21-15-25(23)47-14-6-4-3-5-13-46-22-10-7-20(8-11-22)16-36-28-39-29(37-21)41-30(40-28)48-18-31(32,33)34/h7-12,15,24H,3-6,13-14,16-18H2,1-2H3,(H,35,42)(H,38,43)(H2,36,37,39,40,41)/t24-/m0/s1. The number of anilines is 3. The van der Waals surface area contributed by atoms with Crippen molar-refractivity contribution in [3.8, 4) is 17.5 Å². The van der Waals surface area contributed by atoms with Crippen LogP contribution in [-0.2, 0) is 20.9 Å². The van der Waals surface area contributed by atoms with E-state index in [9.17, 15) is 27.6 Å². The third-order valence-electron chi connectivity index (χ3n) is 6.75. The van der Waals surface area contributed by atoms with Gasteiger partial charge in [0.05, 0.1) is 25.9 Å². The first-order chi connectivity index (χ1) is 23.0. The Hall–Kier alpha value is -5.35. The fraction of sp³-hybridized carbons (Fsp3) is 0.419. The third-order valence-corrected chi connectivity index (χ3v) is 6.75. The van der Waals surface area contributed by atoms with Crippen molar-refractivity contribution < 1.29 is 46.5 Å². The highest BCUT2D eigenvalue weighted by molar-refractivity contribution is 5.99. The molecule has 0 saturated heterocycles. The lowest BCUT2D eigenvalue weighted by atomic mass is 10.1. The van der Waals surface area contributed by atoms with E-state index in [-0.39, 0.29) is 42.9 Å². The lowest BCUT2D eigenvalue weighted by Gasteiger charge is -2.19. The van der Waals surface area contributed by atoms with Gasteiger partial charge in [0.15, 0.2) is 6.61 Å². The predicted molar refractivity (Wildman–Crippen MR) is 166 cm³/mol. The second-order valence-corrected chi connectivity index (χ2v) is 10.6. The van der Waals surface area contributed by atoms with Crippen LogP contribution in [0.2, 0.25) is 0 Å². The quantitative estimate of drug-likeness (QED) is 0.266. The normalized spacial score (nSPS) is 14.4. The Morgan fingerprint density at radius 3 is 2.35 bits per heavy atom. The first-order valence-electron chi connectivity index (χ1n) is 15.1. The molecule has 0 saturated carbocycles. The Morgan fingerprint density at radius 1 is 0.958 bits per heavy atom. The Bertz CT molecular complexity index is 1560. The number of esters is 1. The van der Waals surface area contributed by atoms with E-state index in [1.807, 2.05) is 24.3 Å². The second-order valence-electron chi connectivity index (χ2n) is 10.6. The molecule has 1 atom stereocenters. The molecule has 4 N–H and O–H groups in total. The Balaban J connectivity index is 1.63. The number of aromatic nitrogens is 3. The lowest BCUT2D eigenvalue weighted by Crippen LogP contribution is -2.48. The molecule has 2 amide bonds. The number of alkyl halides is 3. The average molecular weight is 676 g/mol. The highest BCUT2D eigenvalue weighted by Gasteiger charge is 2.29. The molecule has 6 bridgehead atoms. The fourth-order valence-corrected chi connectivity index (χ4v) is 4.37. The summed E-state index contributed by atoms with van der Waals surface area (Å²) in [4.78, 5) is 49.3. The third kappa shape index (κ3) is 11.5. The molecule has 14 nitrogen and oxygen atoms in total. The number of carbonyl (C=O) groups is 3. The lowest BCUT2D eigenvalue weighted by molar-refractivity contribution is -0.154. The number of nitrogens with zero attached hydrogens (tertiary/aromatic N) is 3. The van der Waals surface area contributed by atoms with Crippen molar-refractivity contribution in [3.05, 3.63) is 53.6 Å². The first kappa shape index (κ1) is 35.5. The average Bonchev–Trinajstić information content (AvgIpc) is 3.05. The molecule has 5 rings (SSSR count). The van der Waals surface area contributed by atoms with Crippen molar-refractivity contribution in [2.75, 3.05) is 44.1 Å². The van der Waals surface area contributed by atoms with Crippen LogP contribution in [0.3, 0.4) is 0 Å². The van der Waals surface area contributed by atoms with Gasteiger partial charge in [-0.1, -0.05) is 12.1 Å². The summed E-state index contributed by atoms with van der Waals surface area (Å²) in [6.45, 7) is 0.446. The maximum Gasteiger partial charge on any atom is 0.422 e. The van der Waals surface area contributed by atoms with Gasteiger partial charge in [0.1, 0.15) is 17.5 Å². The molecule has 0 aliphatic carbocycles. The smallest absolute Gasteiger partial charge is 0.422 e. The van der Waals surface area contributed by atoms with Crippen molar-refractivity contribution >= 4 is 35.4 Å².